The summed E-state index contributed by atoms with van der Waals surface area (Å²) in [6.45, 7) is 1.90. The molecule has 1 amide bonds. The van der Waals surface area contributed by atoms with Crippen LogP contribution in [0.2, 0.25) is 5.02 Å². The first-order chi connectivity index (χ1) is 11.1. The van der Waals surface area contributed by atoms with Crippen LogP contribution in [-0.4, -0.2) is 35.5 Å². The van der Waals surface area contributed by atoms with Crippen LogP contribution in [0.25, 0.3) is 0 Å². The van der Waals surface area contributed by atoms with Gasteiger partial charge in [0.05, 0.1) is 5.69 Å². The van der Waals surface area contributed by atoms with Crippen LogP contribution in [0.3, 0.4) is 0 Å². The fraction of sp³-hybridized carbons (Fsp3) is 0.375. The Morgan fingerprint density at radius 3 is 3.26 bits per heavy atom. The average molecular weight is 350 g/mol. The summed E-state index contributed by atoms with van der Waals surface area (Å²) in [7, 11) is 2.09. The van der Waals surface area contributed by atoms with Crippen LogP contribution in [0.4, 0.5) is 5.13 Å². The highest BCUT2D eigenvalue weighted by molar-refractivity contribution is 7.15. The normalized spacial score (nSPS) is 19.8. The van der Waals surface area contributed by atoms with E-state index in [0.717, 1.165) is 36.5 Å². The number of nitrogens with one attached hydrogen (secondary N) is 1. The maximum Gasteiger partial charge on any atom is 0.267 e. The lowest BCUT2D eigenvalue weighted by Crippen LogP contribution is -2.31. The lowest BCUT2D eigenvalue weighted by molar-refractivity contribution is -0.122. The number of thiazole rings is 1. The highest BCUT2D eigenvalue weighted by Gasteiger charge is 2.30. The van der Waals surface area contributed by atoms with Crippen molar-refractivity contribution in [3.63, 3.8) is 0 Å². The molecule has 23 heavy (non-hydrogen) atoms. The number of fused-ring (bicyclic) bond motifs is 2. The molecule has 7 heteroatoms. The summed E-state index contributed by atoms with van der Waals surface area (Å²) in [6.07, 6.45) is 0.949. The number of aromatic nitrogens is 1. The molecule has 2 aliphatic rings. The van der Waals surface area contributed by atoms with Crippen molar-refractivity contribution in [1.29, 1.82) is 0 Å². The second-order valence-corrected chi connectivity index (χ2v) is 7.45. The summed E-state index contributed by atoms with van der Waals surface area (Å²) in [5.74, 6) is 0.575. The minimum atomic E-state index is -0.521. The number of likely N-dealkylation sites (N-methyl/N-ethyl adjacent to an activating group) is 1. The van der Waals surface area contributed by atoms with Crippen molar-refractivity contribution in [2.45, 2.75) is 25.5 Å². The number of nitrogens with zero attached hydrogens (tertiary/aromatic N) is 2. The van der Waals surface area contributed by atoms with Gasteiger partial charge in [-0.25, -0.2) is 4.98 Å². The van der Waals surface area contributed by atoms with E-state index in [2.05, 4.69) is 22.2 Å². The third kappa shape index (κ3) is 2.94. The fourth-order valence-electron chi connectivity index (χ4n) is 2.93. The van der Waals surface area contributed by atoms with Gasteiger partial charge in [0, 0.05) is 35.8 Å². The third-order valence-corrected chi connectivity index (χ3v) is 5.37. The molecule has 120 valence electrons. The number of amides is 1. The lowest BCUT2D eigenvalue weighted by atomic mass is 10.1. The van der Waals surface area contributed by atoms with Gasteiger partial charge in [0.2, 0.25) is 0 Å². The predicted molar refractivity (Wildman–Crippen MR) is 90.4 cm³/mol. The number of carbonyl (C=O) groups excluding carboxylic acids is 1. The Kier molecular flexibility index (Phi) is 3.75. The Hall–Kier alpha value is -1.63. The van der Waals surface area contributed by atoms with E-state index < -0.39 is 6.10 Å². The molecular weight excluding hydrogens is 334 g/mol. The van der Waals surface area contributed by atoms with Crippen LogP contribution in [-0.2, 0) is 24.2 Å². The molecule has 0 aliphatic carbocycles. The standard InChI is InChI=1S/C16H16ClN3O2S/c1-20-5-4-11-14(8-20)23-16(18-11)19-15(21)13-7-9-6-10(17)2-3-12(9)22-13/h2-3,6,13H,4-5,7-8H2,1H3,(H,18,19,21). The molecule has 0 fully saturated rings. The first-order valence-electron chi connectivity index (χ1n) is 7.51. The van der Waals surface area contributed by atoms with Crippen molar-refractivity contribution < 1.29 is 9.53 Å². The number of halogens is 1. The van der Waals surface area contributed by atoms with E-state index >= 15 is 0 Å². The summed E-state index contributed by atoms with van der Waals surface area (Å²) >= 11 is 7.53. The molecule has 5 nitrogen and oxygen atoms in total. The van der Waals surface area contributed by atoms with Crippen LogP contribution in [0.5, 0.6) is 5.75 Å². The smallest absolute Gasteiger partial charge is 0.267 e. The van der Waals surface area contributed by atoms with Gasteiger partial charge in [0.1, 0.15) is 5.75 Å². The highest BCUT2D eigenvalue weighted by atomic mass is 35.5. The number of ether oxygens (including phenoxy) is 1. The fourth-order valence-corrected chi connectivity index (χ4v) is 4.21. The molecule has 0 radical (unpaired) electrons. The maximum absolute atomic E-state index is 12.4. The van der Waals surface area contributed by atoms with Gasteiger partial charge < -0.3 is 9.64 Å². The molecule has 1 atom stereocenters. The van der Waals surface area contributed by atoms with Gasteiger partial charge in [-0.3, -0.25) is 10.1 Å². The van der Waals surface area contributed by atoms with Crippen molar-refractivity contribution in [2.24, 2.45) is 0 Å². The molecule has 1 aromatic heterocycles. The molecule has 0 saturated carbocycles. The zero-order valence-corrected chi connectivity index (χ0v) is 14.2. The molecular formula is C16H16ClN3O2S. The van der Waals surface area contributed by atoms with Gasteiger partial charge in [-0.2, -0.15) is 0 Å². The topological polar surface area (TPSA) is 54.5 Å². The number of carbonyl (C=O) groups is 1. The average Bonchev–Trinajstić information content (AvgIpc) is 3.09. The maximum atomic E-state index is 12.4. The van der Waals surface area contributed by atoms with E-state index in [1.54, 1.807) is 17.4 Å². The van der Waals surface area contributed by atoms with Crippen molar-refractivity contribution in [3.8, 4) is 5.75 Å². The number of anilines is 1. The van der Waals surface area contributed by atoms with Crippen molar-refractivity contribution in [2.75, 3.05) is 18.9 Å². The minimum absolute atomic E-state index is 0.156. The summed E-state index contributed by atoms with van der Waals surface area (Å²) in [6, 6.07) is 5.43. The second kappa shape index (κ2) is 5.78. The largest absolute Gasteiger partial charge is 0.480 e. The number of hydrogen-bond donors (Lipinski definition) is 1. The molecule has 1 aromatic carbocycles. The highest BCUT2D eigenvalue weighted by Crippen LogP contribution is 2.32. The number of hydrogen-bond acceptors (Lipinski definition) is 5. The summed E-state index contributed by atoms with van der Waals surface area (Å²) in [5, 5.41) is 4.21. The molecule has 1 unspecified atom stereocenters. The van der Waals surface area contributed by atoms with Gasteiger partial charge in [0.15, 0.2) is 11.2 Å². The van der Waals surface area contributed by atoms with E-state index in [1.807, 2.05) is 12.1 Å². The zero-order chi connectivity index (χ0) is 16.0. The van der Waals surface area contributed by atoms with E-state index in [4.69, 9.17) is 16.3 Å². The molecule has 2 aromatic rings. The van der Waals surface area contributed by atoms with E-state index in [9.17, 15) is 4.79 Å². The molecule has 4 rings (SSSR count). The lowest BCUT2D eigenvalue weighted by Gasteiger charge is -2.20. The van der Waals surface area contributed by atoms with Crippen LogP contribution >= 0.6 is 22.9 Å². The van der Waals surface area contributed by atoms with E-state index in [1.165, 1.54) is 4.88 Å². The predicted octanol–water partition coefficient (Wildman–Crippen LogP) is 2.73. The van der Waals surface area contributed by atoms with Crippen molar-refractivity contribution >= 4 is 34.0 Å². The van der Waals surface area contributed by atoms with Crippen LogP contribution in [0.1, 0.15) is 16.1 Å². The van der Waals surface area contributed by atoms with Crippen molar-refractivity contribution in [3.05, 3.63) is 39.4 Å². The first-order valence-corrected chi connectivity index (χ1v) is 8.71. The summed E-state index contributed by atoms with van der Waals surface area (Å²) in [5.41, 5.74) is 2.07. The third-order valence-electron chi connectivity index (χ3n) is 4.14. The Morgan fingerprint density at radius 2 is 2.39 bits per heavy atom. The molecule has 2 aliphatic heterocycles. The van der Waals surface area contributed by atoms with Gasteiger partial charge in [0.25, 0.3) is 5.91 Å². The number of rotatable bonds is 2. The molecule has 1 N–H and O–H groups in total. The van der Waals surface area contributed by atoms with Crippen LogP contribution in [0.15, 0.2) is 18.2 Å². The van der Waals surface area contributed by atoms with Gasteiger partial charge in [-0.1, -0.05) is 11.6 Å². The Labute approximate surface area is 143 Å². The first kappa shape index (κ1) is 14.9. The van der Waals surface area contributed by atoms with Crippen molar-refractivity contribution in [1.82, 2.24) is 9.88 Å². The molecule has 0 bridgehead atoms. The monoisotopic (exact) mass is 349 g/mol. The Bertz CT molecular complexity index is 777. The summed E-state index contributed by atoms with van der Waals surface area (Å²) < 4.78 is 5.71. The van der Waals surface area contributed by atoms with Gasteiger partial charge >= 0.3 is 0 Å². The number of benzene rings is 1. The van der Waals surface area contributed by atoms with Gasteiger partial charge in [-0.05, 0) is 30.8 Å². The Balaban J connectivity index is 1.45. The molecule has 0 spiro atoms. The molecule has 3 heterocycles. The molecule has 0 saturated heterocycles. The van der Waals surface area contributed by atoms with Crippen LogP contribution in [0, 0.1) is 0 Å². The Morgan fingerprint density at radius 1 is 1.52 bits per heavy atom. The zero-order valence-electron chi connectivity index (χ0n) is 12.6. The van der Waals surface area contributed by atoms with E-state index in [0.29, 0.717) is 16.6 Å². The van der Waals surface area contributed by atoms with E-state index in [-0.39, 0.29) is 5.91 Å². The minimum Gasteiger partial charge on any atom is -0.480 e. The SMILES string of the molecule is CN1CCc2nc(NC(=O)C3Cc4cc(Cl)ccc4O3)sc2C1. The summed E-state index contributed by atoms with van der Waals surface area (Å²) in [4.78, 5) is 20.5. The van der Waals surface area contributed by atoms with Crippen LogP contribution < -0.4 is 10.1 Å². The quantitative estimate of drug-likeness (QED) is 0.905. The van der Waals surface area contributed by atoms with Gasteiger partial charge in [-0.15, -0.1) is 11.3 Å². The second-order valence-electron chi connectivity index (χ2n) is 5.93.